The van der Waals surface area contributed by atoms with Gasteiger partial charge in [0.15, 0.2) is 11.6 Å². The monoisotopic (exact) mass is 494 g/mol. The number of para-hydroxylation sites is 1. The van der Waals surface area contributed by atoms with Crippen molar-refractivity contribution in [2.24, 2.45) is 0 Å². The van der Waals surface area contributed by atoms with Crippen LogP contribution in [0.15, 0.2) is 83.9 Å². The average Bonchev–Trinajstić information content (AvgIpc) is 2.87. The van der Waals surface area contributed by atoms with Crippen LogP contribution in [0.5, 0.6) is 17.2 Å². The molecule has 0 spiro atoms. The number of rotatable bonds is 13. The minimum atomic E-state index is -0.534. The van der Waals surface area contributed by atoms with Crippen LogP contribution in [0.25, 0.3) is 0 Å². The summed E-state index contributed by atoms with van der Waals surface area (Å²) in [7, 11) is 0. The van der Waals surface area contributed by atoms with Gasteiger partial charge in [-0.1, -0.05) is 68.3 Å². The molecule has 184 valence electrons. The molecule has 3 nitrogen and oxygen atoms in total. The van der Waals surface area contributed by atoms with Gasteiger partial charge < -0.3 is 9.47 Å². The van der Waals surface area contributed by atoms with Gasteiger partial charge in [-0.15, -0.1) is 0 Å². The third-order valence-electron chi connectivity index (χ3n) is 6.11. The van der Waals surface area contributed by atoms with E-state index in [2.05, 4.69) is 6.92 Å². The Morgan fingerprint density at radius 2 is 1.74 bits per heavy atom. The molecule has 1 atom stereocenters. The summed E-state index contributed by atoms with van der Waals surface area (Å²) in [6.07, 6.45) is 6.42. The zero-order chi connectivity index (χ0) is 25.1. The topological polar surface area (TPSA) is 35.5 Å². The summed E-state index contributed by atoms with van der Waals surface area (Å²) in [5.74, 6) is 1.20. The highest BCUT2D eigenvalue weighted by Crippen LogP contribution is 2.39. The van der Waals surface area contributed by atoms with Crippen molar-refractivity contribution in [2.75, 3.05) is 6.61 Å². The van der Waals surface area contributed by atoms with Gasteiger partial charge in [0.2, 0.25) is 0 Å². The molecule has 0 aliphatic heterocycles. The summed E-state index contributed by atoms with van der Waals surface area (Å²) in [6.45, 7) is 4.85. The number of carbonyl (C=O) groups is 1. The van der Waals surface area contributed by atoms with Gasteiger partial charge in [-0.05, 0) is 79.3 Å². The summed E-state index contributed by atoms with van der Waals surface area (Å²) >= 11 is 6.61. The maximum absolute atomic E-state index is 14.3. The SMILES string of the molecule is CCCCOc1ccc(C(C)(CCCc2ccc(F)c(Oc3ccccc3)c2)C(Cl)=CC=O)cc1. The predicted octanol–water partition coefficient (Wildman–Crippen LogP) is 8.40. The van der Waals surface area contributed by atoms with Crippen LogP contribution < -0.4 is 9.47 Å². The lowest BCUT2D eigenvalue weighted by Gasteiger charge is -2.30. The second-order valence-electron chi connectivity index (χ2n) is 8.74. The molecule has 35 heavy (non-hydrogen) atoms. The van der Waals surface area contributed by atoms with E-state index in [1.807, 2.05) is 49.4 Å². The molecule has 3 aromatic rings. The van der Waals surface area contributed by atoms with Crippen LogP contribution in [0.3, 0.4) is 0 Å². The average molecular weight is 495 g/mol. The molecular weight excluding hydrogens is 463 g/mol. The Bertz CT molecular complexity index is 1110. The van der Waals surface area contributed by atoms with Gasteiger partial charge in [-0.2, -0.15) is 0 Å². The van der Waals surface area contributed by atoms with E-state index >= 15 is 0 Å². The van der Waals surface area contributed by atoms with Crippen LogP contribution in [0.2, 0.25) is 0 Å². The lowest BCUT2D eigenvalue weighted by molar-refractivity contribution is -0.104. The minimum Gasteiger partial charge on any atom is -0.494 e. The Hall–Kier alpha value is -3.11. The van der Waals surface area contributed by atoms with Crippen molar-refractivity contribution >= 4 is 17.9 Å². The molecule has 0 aromatic heterocycles. The molecule has 0 radical (unpaired) electrons. The zero-order valence-electron chi connectivity index (χ0n) is 20.3. The van der Waals surface area contributed by atoms with E-state index in [0.29, 0.717) is 30.2 Å². The van der Waals surface area contributed by atoms with Crippen LogP contribution in [0.4, 0.5) is 4.39 Å². The van der Waals surface area contributed by atoms with Gasteiger partial charge >= 0.3 is 0 Å². The van der Waals surface area contributed by atoms with Crippen LogP contribution >= 0.6 is 11.6 Å². The van der Waals surface area contributed by atoms with Crippen LogP contribution in [0, 0.1) is 5.82 Å². The summed E-state index contributed by atoms with van der Waals surface area (Å²) in [5.41, 5.74) is 1.44. The summed E-state index contributed by atoms with van der Waals surface area (Å²) in [6, 6.07) is 22.0. The van der Waals surface area contributed by atoms with Gasteiger partial charge in [0.25, 0.3) is 0 Å². The van der Waals surface area contributed by atoms with Crippen molar-refractivity contribution in [1.82, 2.24) is 0 Å². The zero-order valence-corrected chi connectivity index (χ0v) is 21.1. The number of ether oxygens (including phenoxy) is 2. The first-order chi connectivity index (χ1) is 17.0. The fourth-order valence-corrected chi connectivity index (χ4v) is 4.20. The predicted molar refractivity (Wildman–Crippen MR) is 140 cm³/mol. The van der Waals surface area contributed by atoms with Gasteiger partial charge in [-0.3, -0.25) is 4.79 Å². The number of halogens is 2. The van der Waals surface area contributed by atoms with Crippen LogP contribution in [-0.4, -0.2) is 12.9 Å². The molecule has 0 fully saturated rings. The number of aldehydes is 1. The second kappa shape index (κ2) is 13.1. The Labute approximate surface area is 212 Å². The quantitative estimate of drug-likeness (QED) is 0.136. The molecule has 0 N–H and O–H groups in total. The fraction of sp³-hybridized carbons (Fsp3) is 0.300. The Morgan fingerprint density at radius 1 is 1.00 bits per heavy atom. The number of hydrogen-bond acceptors (Lipinski definition) is 3. The van der Waals surface area contributed by atoms with E-state index < -0.39 is 11.2 Å². The smallest absolute Gasteiger partial charge is 0.165 e. The number of aryl methyl sites for hydroxylation is 1. The van der Waals surface area contributed by atoms with E-state index in [4.69, 9.17) is 21.1 Å². The van der Waals surface area contributed by atoms with E-state index in [0.717, 1.165) is 42.4 Å². The highest BCUT2D eigenvalue weighted by atomic mass is 35.5. The molecule has 0 bridgehead atoms. The Balaban J connectivity index is 1.71. The van der Waals surface area contributed by atoms with Crippen molar-refractivity contribution in [3.63, 3.8) is 0 Å². The lowest BCUT2D eigenvalue weighted by atomic mass is 9.77. The van der Waals surface area contributed by atoms with E-state index in [1.54, 1.807) is 24.3 Å². The standard InChI is InChI=1S/C30H32ClFO3/c1-3-4-21-34-25-15-13-24(14-16-25)30(2,29(31)18-20-33)19-8-9-23-12-17-27(32)28(22-23)35-26-10-6-5-7-11-26/h5-7,10-18,20,22H,3-4,8-9,19,21H2,1-2H3. The minimum absolute atomic E-state index is 0.203. The molecule has 5 heteroatoms. The molecule has 0 amide bonds. The maximum Gasteiger partial charge on any atom is 0.165 e. The van der Waals surface area contributed by atoms with Crippen molar-refractivity contribution in [3.05, 3.63) is 101 Å². The Kier molecular flexibility index (Phi) is 9.92. The first kappa shape index (κ1) is 26.5. The van der Waals surface area contributed by atoms with Gasteiger partial charge in [0.1, 0.15) is 17.8 Å². The lowest BCUT2D eigenvalue weighted by Crippen LogP contribution is -2.23. The number of hydrogen-bond donors (Lipinski definition) is 0. The molecular formula is C30H32ClFO3. The summed E-state index contributed by atoms with van der Waals surface area (Å²) < 4.78 is 25.8. The molecule has 3 aromatic carbocycles. The molecule has 0 aliphatic carbocycles. The fourth-order valence-electron chi connectivity index (χ4n) is 3.94. The molecule has 0 saturated carbocycles. The third kappa shape index (κ3) is 7.43. The van der Waals surface area contributed by atoms with E-state index in [-0.39, 0.29) is 5.75 Å². The van der Waals surface area contributed by atoms with E-state index in [9.17, 15) is 9.18 Å². The molecule has 0 heterocycles. The third-order valence-corrected chi connectivity index (χ3v) is 6.65. The van der Waals surface area contributed by atoms with Crippen molar-refractivity contribution in [2.45, 2.75) is 51.4 Å². The highest BCUT2D eigenvalue weighted by Gasteiger charge is 2.30. The molecule has 1 unspecified atom stereocenters. The number of benzene rings is 3. The summed E-state index contributed by atoms with van der Waals surface area (Å²) in [4.78, 5) is 11.2. The van der Waals surface area contributed by atoms with Crippen molar-refractivity contribution in [3.8, 4) is 17.2 Å². The van der Waals surface area contributed by atoms with Gasteiger partial charge in [0, 0.05) is 10.4 Å². The van der Waals surface area contributed by atoms with E-state index in [1.165, 1.54) is 12.1 Å². The van der Waals surface area contributed by atoms with Gasteiger partial charge in [-0.25, -0.2) is 4.39 Å². The largest absolute Gasteiger partial charge is 0.494 e. The summed E-state index contributed by atoms with van der Waals surface area (Å²) in [5, 5.41) is 0.486. The normalized spacial score (nSPS) is 13.2. The number of unbranched alkanes of at least 4 members (excludes halogenated alkanes) is 1. The molecule has 3 rings (SSSR count). The van der Waals surface area contributed by atoms with Crippen LogP contribution in [-0.2, 0) is 16.6 Å². The highest BCUT2D eigenvalue weighted by molar-refractivity contribution is 6.31. The number of allylic oxidation sites excluding steroid dienone is 2. The van der Waals surface area contributed by atoms with Crippen molar-refractivity contribution < 1.29 is 18.7 Å². The molecule has 0 saturated heterocycles. The molecule has 0 aliphatic rings. The number of carbonyl (C=O) groups excluding carboxylic acids is 1. The maximum atomic E-state index is 14.3. The van der Waals surface area contributed by atoms with Gasteiger partial charge in [0.05, 0.1) is 6.61 Å². The Morgan fingerprint density at radius 3 is 2.43 bits per heavy atom. The van der Waals surface area contributed by atoms with Crippen molar-refractivity contribution in [1.29, 1.82) is 0 Å². The first-order valence-corrected chi connectivity index (χ1v) is 12.4. The van der Waals surface area contributed by atoms with Crippen LogP contribution in [0.1, 0.15) is 50.7 Å². The second-order valence-corrected chi connectivity index (χ2v) is 9.15. The first-order valence-electron chi connectivity index (χ1n) is 12.0.